The quantitative estimate of drug-likeness (QED) is 0.799. The number of carbonyl (C=O) groups excluding carboxylic acids is 2. The van der Waals surface area contributed by atoms with Crippen molar-refractivity contribution in [2.45, 2.75) is 19.4 Å². The van der Waals surface area contributed by atoms with Crippen LogP contribution in [0.25, 0.3) is 0 Å². The summed E-state index contributed by atoms with van der Waals surface area (Å²) < 4.78 is 35.9. The van der Waals surface area contributed by atoms with Gasteiger partial charge in [0, 0.05) is 6.04 Å². The van der Waals surface area contributed by atoms with Crippen LogP contribution in [0.1, 0.15) is 13.3 Å². The fraction of sp³-hybridized carbons (Fsp3) is 0.400. The molecule has 0 aliphatic carbocycles. The van der Waals surface area contributed by atoms with Crippen molar-refractivity contribution in [1.82, 2.24) is 5.32 Å². The fourth-order valence-corrected chi connectivity index (χ4v) is 4.50. The summed E-state index contributed by atoms with van der Waals surface area (Å²) in [5.74, 6) is -2.73. The molecule has 24 heavy (non-hydrogen) atoms. The summed E-state index contributed by atoms with van der Waals surface area (Å²) in [6, 6.07) is 4.71. The Morgan fingerprint density at radius 1 is 1.33 bits per heavy atom. The maximum atomic E-state index is 13.0. The van der Waals surface area contributed by atoms with E-state index in [1.165, 1.54) is 24.3 Å². The van der Waals surface area contributed by atoms with Crippen LogP contribution in [0, 0.1) is 11.7 Å². The van der Waals surface area contributed by atoms with E-state index < -0.39 is 39.4 Å². The molecule has 1 fully saturated rings. The highest BCUT2D eigenvalue weighted by Crippen LogP contribution is 2.24. The first-order valence-electron chi connectivity index (χ1n) is 7.42. The molecule has 2 aliphatic rings. The molecule has 1 N–H and O–H groups in total. The van der Waals surface area contributed by atoms with Gasteiger partial charge in [0.05, 0.1) is 22.9 Å². The third-order valence-corrected chi connectivity index (χ3v) is 5.81. The van der Waals surface area contributed by atoms with Crippen LogP contribution in [-0.2, 0) is 19.4 Å². The van der Waals surface area contributed by atoms with E-state index in [1.807, 2.05) is 0 Å². The number of hydrogen-bond donors (Lipinski definition) is 1. The summed E-state index contributed by atoms with van der Waals surface area (Å²) in [5, 5.41) is 7.75. The summed E-state index contributed by atoms with van der Waals surface area (Å²) in [6.07, 6.45) is 0.340. The fourth-order valence-electron chi connectivity index (χ4n) is 2.83. The molecule has 2 amide bonds. The standard InChI is InChI=1S/C15H16FN3O4S/c1-9-13(14(20)17-11-6-7-24(22,23)8-11)15(21)19(18-9)12-4-2-10(16)3-5-12/h2-5,11,13H,6-8H2,1H3,(H,17,20). The first kappa shape index (κ1) is 16.6. The van der Waals surface area contributed by atoms with Gasteiger partial charge in [0.2, 0.25) is 5.91 Å². The lowest BCUT2D eigenvalue weighted by molar-refractivity contribution is -0.130. The normalized spacial score (nSPS) is 25.7. The first-order chi connectivity index (χ1) is 11.3. The Bertz CT molecular complexity index is 820. The van der Waals surface area contributed by atoms with Crippen LogP contribution >= 0.6 is 0 Å². The van der Waals surface area contributed by atoms with Crippen molar-refractivity contribution in [2.24, 2.45) is 11.0 Å². The van der Waals surface area contributed by atoms with E-state index in [1.54, 1.807) is 6.92 Å². The van der Waals surface area contributed by atoms with E-state index in [0.717, 1.165) is 5.01 Å². The monoisotopic (exact) mass is 353 g/mol. The predicted molar refractivity (Wildman–Crippen MR) is 85.7 cm³/mol. The summed E-state index contributed by atoms with van der Waals surface area (Å²) in [7, 11) is -3.13. The van der Waals surface area contributed by atoms with E-state index in [0.29, 0.717) is 17.8 Å². The van der Waals surface area contributed by atoms with Crippen LogP contribution in [0.4, 0.5) is 10.1 Å². The zero-order valence-corrected chi connectivity index (χ0v) is 13.7. The highest BCUT2D eigenvalue weighted by molar-refractivity contribution is 7.91. The predicted octanol–water partition coefficient (Wildman–Crippen LogP) is 0.468. The second-order valence-electron chi connectivity index (χ2n) is 5.91. The van der Waals surface area contributed by atoms with Gasteiger partial charge in [0.1, 0.15) is 5.82 Å². The molecule has 3 rings (SSSR count). The van der Waals surface area contributed by atoms with Crippen molar-refractivity contribution >= 4 is 33.1 Å². The van der Waals surface area contributed by atoms with Crippen molar-refractivity contribution in [3.8, 4) is 0 Å². The molecule has 9 heteroatoms. The molecule has 2 heterocycles. The average molecular weight is 353 g/mol. The number of benzene rings is 1. The Balaban J connectivity index is 1.73. The van der Waals surface area contributed by atoms with Crippen molar-refractivity contribution in [3.63, 3.8) is 0 Å². The van der Waals surface area contributed by atoms with Crippen LogP contribution < -0.4 is 10.3 Å². The lowest BCUT2D eigenvalue weighted by atomic mass is 10.0. The number of hydrazone groups is 1. The topological polar surface area (TPSA) is 95.9 Å². The maximum Gasteiger partial charge on any atom is 0.265 e. The van der Waals surface area contributed by atoms with Crippen LogP contribution in [0.5, 0.6) is 0 Å². The number of sulfone groups is 1. The van der Waals surface area contributed by atoms with E-state index in [2.05, 4.69) is 10.4 Å². The third kappa shape index (κ3) is 3.16. The van der Waals surface area contributed by atoms with E-state index in [-0.39, 0.29) is 11.5 Å². The minimum Gasteiger partial charge on any atom is -0.351 e. The molecule has 2 atom stereocenters. The Labute approximate surface area is 138 Å². The summed E-state index contributed by atoms with van der Waals surface area (Å²) in [5.41, 5.74) is 0.669. The molecule has 0 radical (unpaired) electrons. The van der Waals surface area contributed by atoms with Crippen molar-refractivity contribution < 1.29 is 22.4 Å². The van der Waals surface area contributed by atoms with Gasteiger partial charge in [0.15, 0.2) is 15.8 Å². The summed E-state index contributed by atoms with van der Waals surface area (Å²) in [4.78, 5) is 24.9. The molecular weight excluding hydrogens is 337 g/mol. The zero-order chi connectivity index (χ0) is 17.5. The molecule has 1 aromatic carbocycles. The molecule has 1 saturated heterocycles. The van der Waals surface area contributed by atoms with E-state index >= 15 is 0 Å². The SMILES string of the molecule is CC1=NN(c2ccc(F)cc2)C(=O)C1C(=O)NC1CCS(=O)(=O)C1. The minimum absolute atomic E-state index is 0.0331. The number of nitrogens with zero attached hydrogens (tertiary/aromatic N) is 2. The molecule has 0 spiro atoms. The highest BCUT2D eigenvalue weighted by atomic mass is 32.2. The molecular formula is C15H16FN3O4S. The van der Waals surface area contributed by atoms with Crippen LogP contribution in [0.3, 0.4) is 0 Å². The first-order valence-corrected chi connectivity index (χ1v) is 9.24. The minimum atomic E-state index is -3.13. The van der Waals surface area contributed by atoms with Gasteiger partial charge in [-0.3, -0.25) is 9.59 Å². The zero-order valence-electron chi connectivity index (χ0n) is 12.9. The van der Waals surface area contributed by atoms with Gasteiger partial charge < -0.3 is 5.32 Å². The number of halogens is 1. The van der Waals surface area contributed by atoms with Crippen molar-refractivity contribution in [2.75, 3.05) is 16.5 Å². The lowest BCUT2D eigenvalue weighted by Crippen LogP contribution is -2.44. The Morgan fingerprint density at radius 3 is 2.58 bits per heavy atom. The average Bonchev–Trinajstić information content (AvgIpc) is 2.99. The van der Waals surface area contributed by atoms with Crippen LogP contribution in [-0.4, -0.2) is 43.5 Å². The number of carbonyl (C=O) groups is 2. The summed E-state index contributed by atoms with van der Waals surface area (Å²) in [6.45, 7) is 1.55. The largest absolute Gasteiger partial charge is 0.351 e. The number of rotatable bonds is 3. The third-order valence-electron chi connectivity index (χ3n) is 4.04. The molecule has 2 aliphatic heterocycles. The Morgan fingerprint density at radius 2 is 2.00 bits per heavy atom. The van der Waals surface area contributed by atoms with Crippen molar-refractivity contribution in [1.29, 1.82) is 0 Å². The van der Waals surface area contributed by atoms with Crippen molar-refractivity contribution in [3.05, 3.63) is 30.1 Å². The van der Waals surface area contributed by atoms with Gasteiger partial charge in [-0.1, -0.05) is 0 Å². The molecule has 1 aromatic rings. The van der Waals surface area contributed by atoms with Crippen LogP contribution in [0.2, 0.25) is 0 Å². The second-order valence-corrected chi connectivity index (χ2v) is 8.14. The molecule has 0 saturated carbocycles. The van der Waals surface area contributed by atoms with Gasteiger partial charge in [-0.15, -0.1) is 0 Å². The molecule has 0 aromatic heterocycles. The van der Waals surface area contributed by atoms with E-state index in [4.69, 9.17) is 0 Å². The van der Waals surface area contributed by atoms with E-state index in [9.17, 15) is 22.4 Å². The number of anilines is 1. The Kier molecular flexibility index (Phi) is 4.12. The number of amides is 2. The molecule has 128 valence electrons. The van der Waals surface area contributed by atoms with Gasteiger partial charge in [0.25, 0.3) is 5.91 Å². The molecule has 2 unspecified atom stereocenters. The lowest BCUT2D eigenvalue weighted by Gasteiger charge is -2.16. The smallest absolute Gasteiger partial charge is 0.265 e. The highest BCUT2D eigenvalue weighted by Gasteiger charge is 2.41. The molecule has 7 nitrogen and oxygen atoms in total. The van der Waals surface area contributed by atoms with Crippen LogP contribution in [0.15, 0.2) is 29.4 Å². The summed E-state index contributed by atoms with van der Waals surface area (Å²) >= 11 is 0. The maximum absolute atomic E-state index is 13.0. The number of hydrogen-bond acceptors (Lipinski definition) is 5. The molecule has 0 bridgehead atoms. The van der Waals surface area contributed by atoms with Gasteiger partial charge in [-0.05, 0) is 37.6 Å². The van der Waals surface area contributed by atoms with Gasteiger partial charge in [-0.2, -0.15) is 10.1 Å². The number of nitrogens with one attached hydrogen (secondary N) is 1. The van der Waals surface area contributed by atoms with Gasteiger partial charge in [-0.25, -0.2) is 12.8 Å². The van der Waals surface area contributed by atoms with Gasteiger partial charge >= 0.3 is 0 Å². The second kappa shape index (κ2) is 5.97. The Hall–Kier alpha value is -2.29.